The fourth-order valence-electron chi connectivity index (χ4n) is 1.06. The van der Waals surface area contributed by atoms with Crippen molar-refractivity contribution in [2.45, 2.75) is 16.7 Å². The van der Waals surface area contributed by atoms with Crippen molar-refractivity contribution in [1.82, 2.24) is 0 Å². The van der Waals surface area contributed by atoms with Gasteiger partial charge in [0.15, 0.2) is 0 Å². The van der Waals surface area contributed by atoms with Gasteiger partial charge in [0.1, 0.15) is 0 Å². The van der Waals surface area contributed by atoms with Gasteiger partial charge < -0.3 is 0 Å². The molecule has 0 heterocycles. The molecule has 12 heavy (non-hydrogen) atoms. The van der Waals surface area contributed by atoms with E-state index in [1.807, 2.05) is 11.8 Å². The van der Waals surface area contributed by atoms with Crippen molar-refractivity contribution >= 4 is 39.5 Å². The van der Waals surface area contributed by atoms with Crippen LogP contribution in [0.2, 0.25) is 0 Å². The first-order valence-corrected chi connectivity index (χ1v) is 6.82. The third-order valence-corrected chi connectivity index (χ3v) is 4.43. The van der Waals surface area contributed by atoms with Gasteiger partial charge in [0.25, 0.3) is 0 Å². The third kappa shape index (κ3) is 2.01. The average molecular weight is 263 g/mol. The molecular weight excluding hydrogens is 252 g/mol. The lowest BCUT2D eigenvalue weighted by Crippen LogP contribution is -1.84. The Morgan fingerprint density at radius 3 is 2.33 bits per heavy atom. The molecule has 1 rings (SSSR count). The molecular formula is C9H11BrS2. The predicted octanol–water partition coefficient (Wildman–Crippen LogP) is 4.20. The Hall–Kier alpha value is 0.400. The molecule has 0 aliphatic carbocycles. The largest absolute Gasteiger partial charge is 0.128 e. The molecule has 0 unspecified atom stereocenters. The number of thioether (sulfide) groups is 2. The minimum atomic E-state index is 1.20. The van der Waals surface area contributed by atoms with Crippen molar-refractivity contribution in [2.24, 2.45) is 0 Å². The minimum Gasteiger partial charge on any atom is -0.128 e. The molecule has 0 aromatic heterocycles. The highest BCUT2D eigenvalue weighted by molar-refractivity contribution is 9.10. The molecule has 66 valence electrons. The van der Waals surface area contributed by atoms with Crippen molar-refractivity contribution in [3.05, 3.63) is 22.2 Å². The molecule has 0 saturated carbocycles. The molecule has 0 saturated heterocycles. The number of benzene rings is 1. The first-order valence-electron chi connectivity index (χ1n) is 3.57. The van der Waals surface area contributed by atoms with E-state index in [1.54, 1.807) is 11.8 Å². The van der Waals surface area contributed by atoms with Crippen LogP contribution >= 0.6 is 39.5 Å². The van der Waals surface area contributed by atoms with Crippen LogP contribution in [0.4, 0.5) is 0 Å². The summed E-state index contributed by atoms with van der Waals surface area (Å²) in [5, 5.41) is 0. The Balaban J connectivity index is 3.25. The van der Waals surface area contributed by atoms with Crippen molar-refractivity contribution in [3.63, 3.8) is 0 Å². The molecule has 0 aliphatic heterocycles. The maximum Gasteiger partial charge on any atom is 0.0246 e. The number of rotatable bonds is 2. The molecule has 0 amide bonds. The summed E-state index contributed by atoms with van der Waals surface area (Å²) in [4.78, 5) is 2.75. The molecule has 0 fully saturated rings. The van der Waals surface area contributed by atoms with Crippen LogP contribution in [0.5, 0.6) is 0 Å². The summed E-state index contributed by atoms with van der Waals surface area (Å²) in [6, 6.07) is 4.27. The summed E-state index contributed by atoms with van der Waals surface area (Å²) in [5.74, 6) is 0. The molecule has 1 aromatic rings. The van der Waals surface area contributed by atoms with Gasteiger partial charge in [-0.25, -0.2) is 0 Å². The molecule has 0 bridgehead atoms. The summed E-state index contributed by atoms with van der Waals surface area (Å²) in [6.45, 7) is 2.15. The Morgan fingerprint density at radius 2 is 1.83 bits per heavy atom. The van der Waals surface area contributed by atoms with Crippen molar-refractivity contribution in [3.8, 4) is 0 Å². The van der Waals surface area contributed by atoms with E-state index >= 15 is 0 Å². The normalized spacial score (nSPS) is 10.3. The second-order valence-corrected chi connectivity index (χ2v) is 4.93. The van der Waals surface area contributed by atoms with Gasteiger partial charge in [-0.05, 0) is 37.1 Å². The summed E-state index contributed by atoms with van der Waals surface area (Å²) >= 11 is 7.14. The van der Waals surface area contributed by atoms with E-state index in [0.717, 1.165) is 0 Å². The predicted molar refractivity (Wildman–Crippen MR) is 62.4 cm³/mol. The van der Waals surface area contributed by atoms with Crippen LogP contribution in [0.25, 0.3) is 0 Å². The molecule has 0 N–H and O–H groups in total. The average Bonchev–Trinajstić information content (AvgIpc) is 2.09. The van der Waals surface area contributed by atoms with E-state index in [9.17, 15) is 0 Å². The lowest BCUT2D eigenvalue weighted by molar-refractivity contribution is 1.16. The second kappa shape index (κ2) is 4.58. The molecule has 3 heteroatoms. The molecule has 0 aliphatic rings. The van der Waals surface area contributed by atoms with Crippen molar-refractivity contribution in [1.29, 1.82) is 0 Å². The van der Waals surface area contributed by atoms with Gasteiger partial charge in [-0.2, -0.15) is 0 Å². The maximum atomic E-state index is 3.53. The van der Waals surface area contributed by atoms with E-state index in [-0.39, 0.29) is 0 Å². The van der Waals surface area contributed by atoms with Gasteiger partial charge in [-0.15, -0.1) is 23.5 Å². The Bertz CT molecular complexity index is 284. The molecule has 0 spiro atoms. The van der Waals surface area contributed by atoms with Crippen molar-refractivity contribution in [2.75, 3.05) is 12.5 Å². The van der Waals surface area contributed by atoms with Crippen LogP contribution in [-0.2, 0) is 0 Å². The summed E-state index contributed by atoms with van der Waals surface area (Å²) < 4.78 is 1.20. The van der Waals surface area contributed by atoms with Crippen LogP contribution in [0.1, 0.15) is 5.56 Å². The zero-order valence-corrected chi connectivity index (χ0v) is 10.6. The van der Waals surface area contributed by atoms with Gasteiger partial charge in [0.2, 0.25) is 0 Å². The van der Waals surface area contributed by atoms with Gasteiger partial charge >= 0.3 is 0 Å². The topological polar surface area (TPSA) is 0 Å². The third-order valence-electron chi connectivity index (χ3n) is 1.73. The lowest BCUT2D eigenvalue weighted by Gasteiger charge is -2.09. The SMILES string of the molecule is CSc1ccc(Br)c(C)c1SC. The lowest BCUT2D eigenvalue weighted by atomic mass is 10.2. The minimum absolute atomic E-state index is 1.20. The smallest absolute Gasteiger partial charge is 0.0246 e. The Labute approximate surface area is 90.6 Å². The highest BCUT2D eigenvalue weighted by atomic mass is 79.9. The maximum absolute atomic E-state index is 3.53. The van der Waals surface area contributed by atoms with E-state index in [2.05, 4.69) is 47.5 Å². The van der Waals surface area contributed by atoms with Crippen molar-refractivity contribution < 1.29 is 0 Å². The van der Waals surface area contributed by atoms with Crippen LogP contribution < -0.4 is 0 Å². The fourth-order valence-corrected chi connectivity index (χ4v) is 3.25. The van der Waals surface area contributed by atoms with Crippen LogP contribution in [-0.4, -0.2) is 12.5 Å². The molecule has 1 aromatic carbocycles. The zero-order valence-electron chi connectivity index (χ0n) is 7.35. The first-order chi connectivity index (χ1) is 5.70. The first kappa shape index (κ1) is 10.5. The van der Waals surface area contributed by atoms with Gasteiger partial charge in [0.05, 0.1) is 0 Å². The standard InChI is InChI=1S/C9H11BrS2/c1-6-7(10)4-5-8(11-2)9(6)12-3/h4-5H,1-3H3. The number of hydrogen-bond acceptors (Lipinski definition) is 2. The van der Waals surface area contributed by atoms with E-state index in [4.69, 9.17) is 0 Å². The second-order valence-electron chi connectivity index (χ2n) is 2.41. The van der Waals surface area contributed by atoms with Gasteiger partial charge in [-0.1, -0.05) is 15.9 Å². The summed E-state index contributed by atoms with van der Waals surface area (Å²) in [5.41, 5.74) is 1.34. The Kier molecular flexibility index (Phi) is 4.00. The van der Waals surface area contributed by atoms with E-state index in [1.165, 1.54) is 19.8 Å². The van der Waals surface area contributed by atoms with E-state index < -0.39 is 0 Å². The molecule has 0 radical (unpaired) electrons. The zero-order chi connectivity index (χ0) is 9.14. The van der Waals surface area contributed by atoms with Crippen LogP contribution in [0.15, 0.2) is 26.4 Å². The fraction of sp³-hybridized carbons (Fsp3) is 0.333. The summed E-state index contributed by atoms with van der Waals surface area (Å²) in [7, 11) is 0. The molecule has 0 atom stereocenters. The van der Waals surface area contributed by atoms with Crippen LogP contribution in [0.3, 0.4) is 0 Å². The molecule has 0 nitrogen and oxygen atoms in total. The Morgan fingerprint density at radius 1 is 1.17 bits per heavy atom. The van der Waals surface area contributed by atoms with Crippen LogP contribution in [0, 0.1) is 6.92 Å². The van der Waals surface area contributed by atoms with Gasteiger partial charge in [-0.3, -0.25) is 0 Å². The summed E-state index contributed by atoms with van der Waals surface area (Å²) in [6.07, 6.45) is 4.23. The highest BCUT2D eigenvalue weighted by Crippen LogP contribution is 2.34. The number of halogens is 1. The van der Waals surface area contributed by atoms with E-state index in [0.29, 0.717) is 0 Å². The van der Waals surface area contributed by atoms with Gasteiger partial charge in [0, 0.05) is 14.3 Å². The number of hydrogen-bond donors (Lipinski definition) is 0. The highest BCUT2D eigenvalue weighted by Gasteiger charge is 2.06. The monoisotopic (exact) mass is 262 g/mol. The quantitative estimate of drug-likeness (QED) is 0.733.